The Bertz CT molecular complexity index is 1380. The number of carbonyl (C=O) groups excluding carboxylic acids is 3. The number of nitrogens with zero attached hydrogens (tertiary/aromatic N) is 5. The molecule has 192 valence electrons. The van der Waals surface area contributed by atoms with Gasteiger partial charge in [-0.1, -0.05) is 16.9 Å². The molecule has 0 bridgehead atoms. The quantitative estimate of drug-likeness (QED) is 0.127. The summed E-state index contributed by atoms with van der Waals surface area (Å²) in [5.41, 5.74) is 7.10. The molecule has 0 spiro atoms. The van der Waals surface area contributed by atoms with Gasteiger partial charge < -0.3 is 37.3 Å². The Kier molecular flexibility index (Phi) is 6.65. The third-order valence-corrected chi connectivity index (χ3v) is 8.12. The zero-order valence-corrected chi connectivity index (χ0v) is 21.9. The number of β-lactam (4-membered cyclic amide) rings is 1. The molecular formula is C21H20N8O5S3. The van der Waals surface area contributed by atoms with Crippen LogP contribution in [0.2, 0.25) is 0 Å². The number of amides is 2. The summed E-state index contributed by atoms with van der Waals surface area (Å²) in [6.45, 7) is 0. The van der Waals surface area contributed by atoms with E-state index in [1.807, 2.05) is 36.1 Å². The van der Waals surface area contributed by atoms with Crippen LogP contribution in [0.5, 0.6) is 0 Å². The number of aromatic nitrogens is 3. The highest BCUT2D eigenvalue weighted by atomic mass is 32.2. The van der Waals surface area contributed by atoms with Gasteiger partial charge in [0, 0.05) is 18.0 Å². The van der Waals surface area contributed by atoms with Gasteiger partial charge >= 0.3 is 0 Å². The van der Waals surface area contributed by atoms with Crippen molar-refractivity contribution in [3.05, 3.63) is 47.7 Å². The molecule has 16 heteroatoms. The molecule has 1 saturated heterocycles. The first-order valence-corrected chi connectivity index (χ1v) is 13.1. The molecule has 5 rings (SSSR count). The van der Waals surface area contributed by atoms with E-state index in [1.165, 1.54) is 23.8 Å². The van der Waals surface area contributed by atoms with Crippen LogP contribution in [-0.2, 0) is 38.9 Å². The summed E-state index contributed by atoms with van der Waals surface area (Å²) < 4.78 is 7.67. The van der Waals surface area contributed by atoms with Gasteiger partial charge in [0.1, 0.15) is 31.1 Å². The number of nitrogens with one attached hydrogen (secondary N) is 2. The highest BCUT2D eigenvalue weighted by Gasteiger charge is 2.54. The molecule has 1 unspecified atom stereocenters. The first-order valence-electron chi connectivity index (χ1n) is 10.7. The fourth-order valence-electron chi connectivity index (χ4n) is 3.98. The van der Waals surface area contributed by atoms with Crippen molar-refractivity contribution in [2.45, 2.75) is 16.4 Å². The van der Waals surface area contributed by atoms with Crippen LogP contribution in [0, 0.1) is 0 Å². The van der Waals surface area contributed by atoms with Crippen molar-refractivity contribution >= 4 is 64.4 Å². The molecular weight excluding hydrogens is 540 g/mol. The second-order valence-electron chi connectivity index (χ2n) is 8.07. The van der Waals surface area contributed by atoms with E-state index in [-0.39, 0.29) is 28.9 Å². The minimum atomic E-state index is -1.35. The molecule has 37 heavy (non-hydrogen) atoms. The molecule has 5 heterocycles. The number of pyridine rings is 1. The first-order chi connectivity index (χ1) is 17.7. The van der Waals surface area contributed by atoms with Crippen molar-refractivity contribution < 1.29 is 28.2 Å². The highest BCUT2D eigenvalue weighted by molar-refractivity contribution is 8.04. The van der Waals surface area contributed by atoms with E-state index in [4.69, 9.17) is 27.6 Å². The predicted molar refractivity (Wildman–Crippen MR) is 136 cm³/mol. The summed E-state index contributed by atoms with van der Waals surface area (Å²) in [6, 6.07) is 2.71. The Balaban J connectivity index is 1.38. The lowest BCUT2D eigenvalue weighted by molar-refractivity contribution is -0.671. The number of hydrogen-bond donors (Lipinski definition) is 3. The maximum Gasteiger partial charge on any atom is 0.274 e. The maximum absolute atomic E-state index is 13.1. The molecule has 0 aromatic carbocycles. The molecule has 3 aliphatic rings. The predicted octanol–water partition coefficient (Wildman–Crippen LogP) is -0.832. The highest BCUT2D eigenvalue weighted by Crippen LogP contribution is 2.43. The third kappa shape index (κ3) is 4.45. The van der Waals surface area contributed by atoms with Gasteiger partial charge in [0.15, 0.2) is 23.1 Å². The molecule has 0 saturated carbocycles. The lowest BCUT2D eigenvalue weighted by Gasteiger charge is -2.50. The smallest absolute Gasteiger partial charge is 0.274 e. The SMILES string of the molecule is CON=C(C(=O)N[C@@H]1C(=O)N2C(C(=O)[S-])=C(c3nnc(-c4ccc[n+](C)c4)o3)CS[C@H]12)C1(N)NC=CS1. The monoisotopic (exact) mass is 560 g/mol. The first kappa shape index (κ1) is 25.2. The molecule has 13 nitrogen and oxygen atoms in total. The molecule has 4 N–H and O–H groups in total. The van der Waals surface area contributed by atoms with E-state index in [2.05, 4.69) is 26.0 Å². The van der Waals surface area contributed by atoms with Crippen LogP contribution < -0.4 is 20.9 Å². The van der Waals surface area contributed by atoms with Gasteiger partial charge in [-0.2, -0.15) is 0 Å². The summed E-state index contributed by atoms with van der Waals surface area (Å²) in [4.78, 5) is 43.3. The Labute approximate surface area is 224 Å². The zero-order valence-electron chi connectivity index (χ0n) is 19.4. The molecule has 2 aromatic rings. The van der Waals surface area contributed by atoms with Crippen molar-refractivity contribution in [2.75, 3.05) is 12.9 Å². The van der Waals surface area contributed by atoms with Crippen LogP contribution in [0.25, 0.3) is 17.0 Å². The van der Waals surface area contributed by atoms with Gasteiger partial charge in [0.05, 0.1) is 16.4 Å². The average Bonchev–Trinajstić information content (AvgIpc) is 3.54. The Morgan fingerprint density at radius 2 is 2.22 bits per heavy atom. The number of oxime groups is 1. The summed E-state index contributed by atoms with van der Waals surface area (Å²) in [7, 11) is 3.14. The van der Waals surface area contributed by atoms with Gasteiger partial charge in [-0.3, -0.25) is 20.2 Å². The molecule has 3 atom stereocenters. The van der Waals surface area contributed by atoms with Crippen LogP contribution in [-0.4, -0.2) is 67.0 Å². The van der Waals surface area contributed by atoms with Crippen LogP contribution in [0.15, 0.2) is 51.4 Å². The Morgan fingerprint density at radius 3 is 2.89 bits per heavy atom. The average molecular weight is 561 g/mol. The number of rotatable bonds is 7. The Hall–Kier alpha value is -3.47. The van der Waals surface area contributed by atoms with E-state index >= 15 is 0 Å². The van der Waals surface area contributed by atoms with Crippen molar-refractivity contribution in [3.63, 3.8) is 0 Å². The van der Waals surface area contributed by atoms with Crippen LogP contribution in [0.1, 0.15) is 5.89 Å². The van der Waals surface area contributed by atoms with Crippen molar-refractivity contribution in [1.82, 2.24) is 25.7 Å². The molecule has 0 aliphatic carbocycles. The van der Waals surface area contributed by atoms with Crippen LogP contribution >= 0.6 is 23.5 Å². The summed E-state index contributed by atoms with van der Waals surface area (Å²) in [5, 5.41) is 17.8. The van der Waals surface area contributed by atoms with Crippen molar-refractivity contribution in [2.24, 2.45) is 17.9 Å². The van der Waals surface area contributed by atoms with E-state index in [0.717, 1.165) is 11.8 Å². The molecule has 2 aromatic heterocycles. The fraction of sp³-hybridized carbons (Fsp3) is 0.286. The largest absolute Gasteiger partial charge is 0.735 e. The lowest BCUT2D eigenvalue weighted by Crippen LogP contribution is -2.72. The minimum Gasteiger partial charge on any atom is -0.735 e. The molecule has 2 amide bonds. The Morgan fingerprint density at radius 1 is 1.43 bits per heavy atom. The van der Waals surface area contributed by atoms with Crippen molar-refractivity contribution in [3.8, 4) is 11.5 Å². The number of hydrogen-bond acceptors (Lipinski definition) is 13. The van der Waals surface area contributed by atoms with Gasteiger partial charge in [0.2, 0.25) is 5.89 Å². The molecule has 0 radical (unpaired) electrons. The van der Waals surface area contributed by atoms with Gasteiger partial charge in [-0.05, 0) is 11.5 Å². The van der Waals surface area contributed by atoms with E-state index in [0.29, 0.717) is 11.1 Å². The molecule has 3 aliphatic heterocycles. The summed E-state index contributed by atoms with van der Waals surface area (Å²) in [6.07, 6.45) is 5.24. The normalized spacial score (nSPS) is 24.9. The summed E-state index contributed by atoms with van der Waals surface area (Å²) in [5.74, 6) is -0.596. The van der Waals surface area contributed by atoms with Gasteiger partial charge in [-0.15, -0.1) is 22.0 Å². The van der Waals surface area contributed by atoms with E-state index < -0.39 is 33.3 Å². The van der Waals surface area contributed by atoms with Gasteiger partial charge in [-0.25, -0.2) is 4.57 Å². The number of fused-ring (bicyclic) bond motifs is 1. The topological polar surface area (TPSA) is 169 Å². The van der Waals surface area contributed by atoms with Gasteiger partial charge in [0.25, 0.3) is 17.7 Å². The number of carbonyl (C=O) groups is 3. The second-order valence-corrected chi connectivity index (χ2v) is 10.7. The zero-order chi connectivity index (χ0) is 26.3. The minimum absolute atomic E-state index is 0.0126. The van der Waals surface area contributed by atoms with Crippen LogP contribution in [0.4, 0.5) is 0 Å². The number of nitrogens with two attached hydrogens (primary N) is 1. The van der Waals surface area contributed by atoms with E-state index in [1.54, 1.807) is 11.6 Å². The maximum atomic E-state index is 13.1. The summed E-state index contributed by atoms with van der Waals surface area (Å²) >= 11 is 7.39. The lowest BCUT2D eigenvalue weighted by atomic mass is 10.0. The molecule has 1 fully saturated rings. The van der Waals surface area contributed by atoms with Crippen LogP contribution in [0.3, 0.4) is 0 Å². The standard InChI is InChI=1S/C21H20N8O5S3/c1-28-6-3-4-10(8-28)16-25-26-17(34-16)11-9-36-19-12(18(31)29(19)13(11)20(32)35)24-15(30)14(27-33-2)21(22)23-5-7-37-21/h3-8,12,19,23H,9,22H2,1-2H3,(H-,24,30,32,35)/t12-,19-,21?/m1/s1. The third-order valence-electron chi connectivity index (χ3n) is 5.69. The van der Waals surface area contributed by atoms with E-state index in [9.17, 15) is 14.4 Å². The van der Waals surface area contributed by atoms with Crippen molar-refractivity contribution in [1.29, 1.82) is 0 Å². The number of thioether (sulfide) groups is 2. The fourth-order valence-corrected chi connectivity index (χ4v) is 6.27. The number of aryl methyl sites for hydroxylation is 1. The second kappa shape index (κ2) is 9.77.